The Labute approximate surface area is 114 Å². The van der Waals surface area contributed by atoms with Gasteiger partial charge in [-0.15, -0.1) is 0 Å². The first-order chi connectivity index (χ1) is 8.69. The highest BCUT2D eigenvalue weighted by Gasteiger charge is 2.10. The number of nitrogens with zero attached hydrogens (tertiary/aromatic N) is 2. The zero-order valence-electron chi connectivity index (χ0n) is 11.3. The molecule has 18 heavy (non-hydrogen) atoms. The van der Waals surface area contributed by atoms with Gasteiger partial charge in [0, 0.05) is 33.0 Å². The number of aromatic nitrogens is 2. The van der Waals surface area contributed by atoms with E-state index in [9.17, 15) is 0 Å². The lowest BCUT2D eigenvalue weighted by Crippen LogP contribution is -2.38. The molecule has 0 aromatic carbocycles. The van der Waals surface area contributed by atoms with E-state index in [0.29, 0.717) is 5.11 Å². The van der Waals surface area contributed by atoms with E-state index in [1.165, 1.54) is 0 Å². The predicted molar refractivity (Wildman–Crippen MR) is 76.5 cm³/mol. The summed E-state index contributed by atoms with van der Waals surface area (Å²) in [6.45, 7) is 6.58. The van der Waals surface area contributed by atoms with Crippen LogP contribution in [-0.2, 0) is 11.3 Å². The minimum Gasteiger partial charge on any atom is -0.385 e. The molecule has 0 radical (unpaired) electrons. The first-order valence-electron chi connectivity index (χ1n) is 6.24. The summed E-state index contributed by atoms with van der Waals surface area (Å²) in [6, 6.07) is 2.16. The summed E-state index contributed by atoms with van der Waals surface area (Å²) in [6.07, 6.45) is 2.76. The van der Waals surface area contributed by atoms with Gasteiger partial charge in [0.15, 0.2) is 5.11 Å². The minimum atomic E-state index is 0.148. The van der Waals surface area contributed by atoms with Crippen molar-refractivity contribution in [3.8, 4) is 0 Å². The van der Waals surface area contributed by atoms with Crippen LogP contribution >= 0.6 is 12.2 Å². The highest BCUT2D eigenvalue weighted by atomic mass is 32.1. The van der Waals surface area contributed by atoms with Gasteiger partial charge in [-0.1, -0.05) is 0 Å². The molecule has 0 fully saturated rings. The fraction of sp³-hybridized carbons (Fsp3) is 0.667. The smallest absolute Gasteiger partial charge is 0.166 e. The van der Waals surface area contributed by atoms with Crippen LogP contribution < -0.4 is 10.6 Å². The zero-order chi connectivity index (χ0) is 13.4. The lowest BCUT2D eigenvalue weighted by atomic mass is 10.2. The third-order valence-electron chi connectivity index (χ3n) is 2.65. The van der Waals surface area contributed by atoms with Crippen LogP contribution in [-0.4, -0.2) is 35.2 Å². The third-order valence-corrected chi connectivity index (χ3v) is 2.91. The van der Waals surface area contributed by atoms with Gasteiger partial charge in [0.1, 0.15) is 0 Å². The second kappa shape index (κ2) is 8.05. The number of ether oxygens (including phenoxy) is 1. The molecule has 1 unspecified atom stereocenters. The number of nitrogens with one attached hydrogen (secondary N) is 2. The van der Waals surface area contributed by atoms with Crippen molar-refractivity contribution in [1.82, 2.24) is 20.4 Å². The fourth-order valence-corrected chi connectivity index (χ4v) is 1.99. The Morgan fingerprint density at radius 2 is 2.39 bits per heavy atom. The number of rotatable bonds is 7. The van der Waals surface area contributed by atoms with Crippen LogP contribution in [0.3, 0.4) is 0 Å². The van der Waals surface area contributed by atoms with E-state index >= 15 is 0 Å². The molecule has 1 rings (SSSR count). The molecule has 0 aliphatic heterocycles. The Balaban J connectivity index is 2.35. The second-order valence-corrected chi connectivity index (χ2v) is 4.45. The first-order valence-corrected chi connectivity index (χ1v) is 6.64. The van der Waals surface area contributed by atoms with Crippen molar-refractivity contribution in [2.75, 3.05) is 20.3 Å². The van der Waals surface area contributed by atoms with Crippen LogP contribution in [0.2, 0.25) is 0 Å². The lowest BCUT2D eigenvalue weighted by Gasteiger charge is -2.17. The topological polar surface area (TPSA) is 51.1 Å². The molecule has 0 aliphatic rings. The van der Waals surface area contributed by atoms with Gasteiger partial charge in [-0.3, -0.25) is 4.68 Å². The second-order valence-electron chi connectivity index (χ2n) is 4.04. The Hall–Kier alpha value is -1.14. The van der Waals surface area contributed by atoms with Crippen molar-refractivity contribution in [3.05, 3.63) is 18.0 Å². The summed E-state index contributed by atoms with van der Waals surface area (Å²) in [4.78, 5) is 0. The first kappa shape index (κ1) is 14.9. The zero-order valence-corrected chi connectivity index (χ0v) is 12.1. The summed E-state index contributed by atoms with van der Waals surface area (Å²) in [5.41, 5.74) is 1.14. The van der Waals surface area contributed by atoms with E-state index in [1.807, 2.05) is 16.9 Å². The van der Waals surface area contributed by atoms with Crippen LogP contribution in [0, 0.1) is 0 Å². The highest BCUT2D eigenvalue weighted by molar-refractivity contribution is 7.80. The monoisotopic (exact) mass is 270 g/mol. The molecule has 0 saturated heterocycles. The number of aryl methyl sites for hydroxylation is 1. The lowest BCUT2D eigenvalue weighted by molar-refractivity contribution is 0.195. The van der Waals surface area contributed by atoms with Crippen molar-refractivity contribution in [3.63, 3.8) is 0 Å². The molecule has 0 amide bonds. The normalized spacial score (nSPS) is 12.2. The summed E-state index contributed by atoms with van der Waals surface area (Å²) in [7, 11) is 1.70. The van der Waals surface area contributed by atoms with Gasteiger partial charge >= 0.3 is 0 Å². The van der Waals surface area contributed by atoms with Crippen molar-refractivity contribution in [1.29, 1.82) is 0 Å². The maximum absolute atomic E-state index is 5.24. The average molecular weight is 270 g/mol. The summed E-state index contributed by atoms with van der Waals surface area (Å²) in [5.74, 6) is 0. The van der Waals surface area contributed by atoms with Crippen LogP contribution in [0.15, 0.2) is 12.3 Å². The number of hydrogen-bond donors (Lipinski definition) is 2. The van der Waals surface area contributed by atoms with Crippen molar-refractivity contribution in [2.45, 2.75) is 32.9 Å². The summed E-state index contributed by atoms with van der Waals surface area (Å²) >= 11 is 5.24. The fourth-order valence-electron chi connectivity index (χ4n) is 1.72. The highest BCUT2D eigenvalue weighted by Crippen LogP contribution is 2.10. The average Bonchev–Trinajstić information content (AvgIpc) is 2.83. The van der Waals surface area contributed by atoms with Gasteiger partial charge in [0.2, 0.25) is 0 Å². The van der Waals surface area contributed by atoms with E-state index in [2.05, 4.69) is 29.6 Å². The molecular formula is C12H22N4OS. The predicted octanol–water partition coefficient (Wildman–Crippen LogP) is 1.46. The molecule has 2 N–H and O–H groups in total. The van der Waals surface area contributed by atoms with Gasteiger partial charge in [-0.2, -0.15) is 5.10 Å². The van der Waals surface area contributed by atoms with Gasteiger partial charge in [0.25, 0.3) is 0 Å². The number of methoxy groups -OCH3 is 1. The quantitative estimate of drug-likeness (QED) is 0.580. The maximum atomic E-state index is 5.24. The van der Waals surface area contributed by atoms with E-state index < -0.39 is 0 Å². The van der Waals surface area contributed by atoms with E-state index in [0.717, 1.165) is 31.8 Å². The van der Waals surface area contributed by atoms with Crippen molar-refractivity contribution < 1.29 is 4.74 Å². The molecule has 0 spiro atoms. The molecule has 6 heteroatoms. The van der Waals surface area contributed by atoms with Crippen molar-refractivity contribution >= 4 is 17.3 Å². The van der Waals surface area contributed by atoms with Gasteiger partial charge in [-0.05, 0) is 38.6 Å². The molecule has 1 heterocycles. The van der Waals surface area contributed by atoms with Gasteiger partial charge < -0.3 is 15.4 Å². The van der Waals surface area contributed by atoms with Crippen LogP contribution in [0.25, 0.3) is 0 Å². The van der Waals surface area contributed by atoms with E-state index in [1.54, 1.807) is 7.11 Å². The Morgan fingerprint density at radius 3 is 3.06 bits per heavy atom. The molecule has 5 nitrogen and oxygen atoms in total. The molecule has 0 aliphatic carbocycles. The number of thiocarbonyl (C=S) groups is 1. The third kappa shape index (κ3) is 4.62. The number of hydrogen-bond acceptors (Lipinski definition) is 3. The molecule has 1 aromatic heterocycles. The minimum absolute atomic E-state index is 0.148. The SMILES string of the molecule is CCn1nccc1C(C)NC(=S)NCCCOC. The maximum Gasteiger partial charge on any atom is 0.166 e. The van der Waals surface area contributed by atoms with Crippen LogP contribution in [0.1, 0.15) is 32.0 Å². The van der Waals surface area contributed by atoms with Crippen LogP contribution in [0.5, 0.6) is 0 Å². The van der Waals surface area contributed by atoms with Crippen molar-refractivity contribution in [2.24, 2.45) is 0 Å². The van der Waals surface area contributed by atoms with E-state index in [4.69, 9.17) is 17.0 Å². The molecule has 1 aromatic rings. The molecular weight excluding hydrogens is 248 g/mol. The molecule has 1 atom stereocenters. The standard InChI is InChI=1S/C12H22N4OS/c1-4-16-11(6-8-14-16)10(2)15-12(18)13-7-5-9-17-3/h6,8,10H,4-5,7,9H2,1-3H3,(H2,13,15,18). The summed E-state index contributed by atoms with van der Waals surface area (Å²) in [5, 5.41) is 11.3. The van der Waals surface area contributed by atoms with Crippen LogP contribution in [0.4, 0.5) is 0 Å². The van der Waals surface area contributed by atoms with Gasteiger partial charge in [0.05, 0.1) is 11.7 Å². The summed E-state index contributed by atoms with van der Waals surface area (Å²) < 4.78 is 6.94. The largest absolute Gasteiger partial charge is 0.385 e. The Morgan fingerprint density at radius 1 is 1.61 bits per heavy atom. The van der Waals surface area contributed by atoms with Gasteiger partial charge in [-0.25, -0.2) is 0 Å². The molecule has 102 valence electrons. The molecule has 0 saturated carbocycles. The Bertz CT molecular complexity index is 367. The Kier molecular flexibility index (Phi) is 6.67. The van der Waals surface area contributed by atoms with E-state index in [-0.39, 0.29) is 6.04 Å². The molecule has 0 bridgehead atoms.